The zero-order valence-corrected chi connectivity index (χ0v) is 14.6. The summed E-state index contributed by atoms with van der Waals surface area (Å²) in [7, 11) is 1.65. The lowest BCUT2D eigenvalue weighted by molar-refractivity contribution is -0.131. The predicted octanol–water partition coefficient (Wildman–Crippen LogP) is 2.98. The Hall–Kier alpha value is -2.30. The molecule has 0 aliphatic carbocycles. The molecule has 1 amide bonds. The van der Waals surface area contributed by atoms with Crippen LogP contribution < -0.4 is 4.74 Å². The number of likely N-dealkylation sites (tertiary alicyclic amines) is 1. The van der Waals surface area contributed by atoms with E-state index >= 15 is 0 Å². The number of hydrogen-bond acceptors (Lipinski definition) is 3. The monoisotopic (exact) mass is 327 g/mol. The second-order valence-electron chi connectivity index (χ2n) is 6.62. The number of methoxy groups -OCH3 is 1. The average Bonchev–Trinajstić information content (AvgIpc) is 3.02. The Bertz CT molecular complexity index is 723. The first-order valence-electron chi connectivity index (χ1n) is 8.49. The lowest BCUT2D eigenvalue weighted by atomic mass is 9.96. The third-order valence-electron chi connectivity index (χ3n) is 4.66. The zero-order valence-electron chi connectivity index (χ0n) is 14.6. The van der Waals surface area contributed by atoms with Crippen LogP contribution in [0.5, 0.6) is 5.75 Å². The van der Waals surface area contributed by atoms with Crippen molar-refractivity contribution in [3.05, 3.63) is 47.0 Å². The van der Waals surface area contributed by atoms with Crippen molar-refractivity contribution in [3.8, 4) is 5.75 Å². The molecule has 5 nitrogen and oxygen atoms in total. The fourth-order valence-electron chi connectivity index (χ4n) is 3.39. The zero-order chi connectivity index (χ0) is 17.1. The summed E-state index contributed by atoms with van der Waals surface area (Å²) < 4.78 is 5.40. The number of H-pyrrole nitrogens is 1. The molecule has 1 atom stereocenters. The lowest BCUT2D eigenvalue weighted by Crippen LogP contribution is -2.40. The van der Waals surface area contributed by atoms with Crippen LogP contribution in [-0.4, -0.2) is 41.0 Å². The van der Waals surface area contributed by atoms with Crippen molar-refractivity contribution in [2.75, 3.05) is 20.2 Å². The average molecular weight is 327 g/mol. The highest BCUT2D eigenvalue weighted by atomic mass is 16.5. The van der Waals surface area contributed by atoms with E-state index in [1.54, 1.807) is 7.11 Å². The van der Waals surface area contributed by atoms with Crippen LogP contribution in [0.25, 0.3) is 0 Å². The minimum absolute atomic E-state index is 0.159. The normalized spacial score (nSPS) is 17.8. The Balaban J connectivity index is 1.70. The molecule has 0 radical (unpaired) electrons. The molecule has 0 unspecified atom stereocenters. The number of aromatic amines is 1. The topological polar surface area (TPSA) is 58.2 Å². The van der Waals surface area contributed by atoms with Gasteiger partial charge in [-0.15, -0.1) is 0 Å². The molecule has 2 heterocycles. The summed E-state index contributed by atoms with van der Waals surface area (Å²) in [5.74, 6) is 2.24. The van der Waals surface area contributed by atoms with Gasteiger partial charge in [0.05, 0.1) is 13.5 Å². The third-order valence-corrected chi connectivity index (χ3v) is 4.66. The van der Waals surface area contributed by atoms with Gasteiger partial charge in [-0.2, -0.15) is 0 Å². The number of carbonyl (C=O) groups excluding carboxylic acids is 1. The summed E-state index contributed by atoms with van der Waals surface area (Å²) in [6, 6.07) is 5.97. The van der Waals surface area contributed by atoms with Crippen molar-refractivity contribution >= 4 is 5.91 Å². The Labute approximate surface area is 143 Å². The molecule has 2 aromatic rings. The molecule has 1 aromatic heterocycles. The van der Waals surface area contributed by atoms with E-state index in [1.165, 1.54) is 0 Å². The van der Waals surface area contributed by atoms with E-state index in [9.17, 15) is 4.79 Å². The number of nitrogens with one attached hydrogen (secondary N) is 1. The van der Waals surface area contributed by atoms with E-state index in [-0.39, 0.29) is 5.91 Å². The Morgan fingerprint density at radius 1 is 1.42 bits per heavy atom. The number of imidazole rings is 1. The molecule has 1 N–H and O–H groups in total. The van der Waals surface area contributed by atoms with Crippen LogP contribution in [-0.2, 0) is 11.2 Å². The fourth-order valence-corrected chi connectivity index (χ4v) is 3.39. The maximum absolute atomic E-state index is 12.8. The van der Waals surface area contributed by atoms with Crippen molar-refractivity contribution in [1.29, 1.82) is 0 Å². The van der Waals surface area contributed by atoms with Crippen molar-refractivity contribution in [2.45, 2.75) is 39.0 Å². The minimum Gasteiger partial charge on any atom is -0.496 e. The number of carbonyl (C=O) groups is 1. The highest BCUT2D eigenvalue weighted by Gasteiger charge is 2.26. The quantitative estimate of drug-likeness (QED) is 0.939. The summed E-state index contributed by atoms with van der Waals surface area (Å²) in [6.07, 6.45) is 4.33. The standard InChI is InChI=1S/C19H25N3O2/c1-13-6-7-17(24-3)16(9-13)10-18(23)22-8-4-5-15(12-22)19-20-11-14(2)21-19/h6-7,9,11,15H,4-5,8,10,12H2,1-3H3,(H,20,21)/t15-/m0/s1. The summed E-state index contributed by atoms with van der Waals surface area (Å²) in [5.41, 5.74) is 3.16. The fraction of sp³-hybridized carbons (Fsp3) is 0.474. The first kappa shape index (κ1) is 16.6. The van der Waals surface area contributed by atoms with Gasteiger partial charge < -0.3 is 14.6 Å². The molecular weight excluding hydrogens is 302 g/mol. The maximum Gasteiger partial charge on any atom is 0.227 e. The number of nitrogens with zero attached hydrogens (tertiary/aromatic N) is 2. The number of rotatable bonds is 4. The SMILES string of the molecule is COc1ccc(C)cc1CC(=O)N1CCC[C@H](c2ncc(C)[nH]2)C1. The number of amides is 1. The first-order valence-corrected chi connectivity index (χ1v) is 8.49. The van der Waals surface area contributed by atoms with Crippen LogP contribution in [0.4, 0.5) is 0 Å². The summed E-state index contributed by atoms with van der Waals surface area (Å²) in [4.78, 5) is 22.5. The van der Waals surface area contributed by atoms with E-state index in [0.717, 1.165) is 54.3 Å². The minimum atomic E-state index is 0.159. The lowest BCUT2D eigenvalue weighted by Gasteiger charge is -2.32. The predicted molar refractivity (Wildman–Crippen MR) is 93.3 cm³/mol. The van der Waals surface area contributed by atoms with Gasteiger partial charge in [0.2, 0.25) is 5.91 Å². The number of benzene rings is 1. The van der Waals surface area contributed by atoms with Gasteiger partial charge in [-0.05, 0) is 32.8 Å². The molecular formula is C19H25N3O2. The van der Waals surface area contributed by atoms with Gasteiger partial charge in [0.25, 0.3) is 0 Å². The van der Waals surface area contributed by atoms with Crippen molar-refractivity contribution in [1.82, 2.24) is 14.9 Å². The van der Waals surface area contributed by atoms with Crippen LogP contribution in [0.3, 0.4) is 0 Å². The molecule has 1 aliphatic heterocycles. The Morgan fingerprint density at radius 2 is 2.25 bits per heavy atom. The van der Waals surface area contributed by atoms with E-state index in [2.05, 4.69) is 9.97 Å². The molecule has 1 fully saturated rings. The summed E-state index contributed by atoms with van der Waals surface area (Å²) in [5, 5.41) is 0. The molecule has 0 bridgehead atoms. The molecule has 1 aliphatic rings. The van der Waals surface area contributed by atoms with Crippen LogP contribution in [0.1, 0.15) is 41.4 Å². The third kappa shape index (κ3) is 3.61. The van der Waals surface area contributed by atoms with E-state index in [4.69, 9.17) is 4.74 Å². The molecule has 1 saturated heterocycles. The smallest absolute Gasteiger partial charge is 0.227 e. The van der Waals surface area contributed by atoms with E-state index in [1.807, 2.05) is 43.1 Å². The Morgan fingerprint density at radius 3 is 2.96 bits per heavy atom. The molecule has 5 heteroatoms. The largest absolute Gasteiger partial charge is 0.496 e. The first-order chi connectivity index (χ1) is 11.6. The number of aryl methyl sites for hydroxylation is 2. The molecule has 24 heavy (non-hydrogen) atoms. The number of ether oxygens (including phenoxy) is 1. The van der Waals surface area contributed by atoms with Gasteiger partial charge >= 0.3 is 0 Å². The van der Waals surface area contributed by atoms with E-state index in [0.29, 0.717) is 12.3 Å². The second-order valence-corrected chi connectivity index (χ2v) is 6.62. The summed E-state index contributed by atoms with van der Waals surface area (Å²) in [6.45, 7) is 5.60. The molecule has 1 aromatic carbocycles. The van der Waals surface area contributed by atoms with Crippen molar-refractivity contribution < 1.29 is 9.53 Å². The maximum atomic E-state index is 12.8. The molecule has 3 rings (SSSR count). The molecule has 0 spiro atoms. The van der Waals surface area contributed by atoms with Gasteiger partial charge in [0.15, 0.2) is 0 Å². The van der Waals surface area contributed by atoms with Gasteiger partial charge in [0.1, 0.15) is 11.6 Å². The van der Waals surface area contributed by atoms with Crippen LogP contribution in [0.15, 0.2) is 24.4 Å². The Kier molecular flexibility index (Phi) is 4.88. The number of aromatic nitrogens is 2. The van der Waals surface area contributed by atoms with Crippen LogP contribution in [0.2, 0.25) is 0 Å². The van der Waals surface area contributed by atoms with Gasteiger partial charge in [-0.1, -0.05) is 17.7 Å². The van der Waals surface area contributed by atoms with Gasteiger partial charge in [0, 0.05) is 36.5 Å². The highest BCUT2D eigenvalue weighted by Crippen LogP contribution is 2.26. The second kappa shape index (κ2) is 7.07. The number of piperidine rings is 1. The van der Waals surface area contributed by atoms with E-state index < -0.39 is 0 Å². The highest BCUT2D eigenvalue weighted by molar-refractivity contribution is 5.79. The van der Waals surface area contributed by atoms with Gasteiger partial charge in [-0.25, -0.2) is 4.98 Å². The van der Waals surface area contributed by atoms with Crippen LogP contribution in [0, 0.1) is 13.8 Å². The van der Waals surface area contributed by atoms with Crippen LogP contribution >= 0.6 is 0 Å². The summed E-state index contributed by atoms with van der Waals surface area (Å²) >= 11 is 0. The van der Waals surface area contributed by atoms with Crippen molar-refractivity contribution in [3.63, 3.8) is 0 Å². The van der Waals surface area contributed by atoms with Gasteiger partial charge in [-0.3, -0.25) is 4.79 Å². The number of hydrogen-bond donors (Lipinski definition) is 1. The molecule has 0 saturated carbocycles. The molecule has 128 valence electrons. The van der Waals surface area contributed by atoms with Crippen molar-refractivity contribution in [2.24, 2.45) is 0 Å².